The molecule has 3 aromatic carbocycles. The van der Waals surface area contributed by atoms with Crippen LogP contribution in [-0.2, 0) is 17.6 Å². The molecule has 4 bridgehead atoms. The Morgan fingerprint density at radius 1 is 1.14 bits per heavy atom. The zero-order valence-corrected chi connectivity index (χ0v) is 24.9. The maximum absolute atomic E-state index is 15.4. The molecule has 0 aliphatic carbocycles. The summed E-state index contributed by atoms with van der Waals surface area (Å²) in [5.41, 5.74) is 3.82. The van der Waals surface area contributed by atoms with Gasteiger partial charge in [-0.15, -0.1) is 0 Å². The number of aryl methyl sites for hydroxylation is 1. The Bertz CT molecular complexity index is 1800. The van der Waals surface area contributed by atoms with Gasteiger partial charge in [0.15, 0.2) is 11.6 Å². The highest BCUT2D eigenvalue weighted by atomic mass is 32.2. The molecule has 1 atom stereocenters. The van der Waals surface area contributed by atoms with Crippen LogP contribution >= 0.6 is 11.8 Å². The summed E-state index contributed by atoms with van der Waals surface area (Å²) in [5, 5.41) is 15.1. The molecule has 1 unspecified atom stereocenters. The summed E-state index contributed by atoms with van der Waals surface area (Å²) in [4.78, 5) is 14.5. The molecule has 2 aromatic heterocycles. The minimum atomic E-state index is -0.887. The number of ether oxygens (including phenoxy) is 1. The lowest BCUT2D eigenvalue weighted by atomic mass is 9.86. The fourth-order valence-corrected chi connectivity index (χ4v) is 6.97. The maximum Gasteiger partial charge on any atom is 0.307 e. The van der Waals surface area contributed by atoms with Crippen molar-refractivity contribution in [2.75, 3.05) is 11.5 Å². The topological polar surface area (TPSA) is 80.1 Å². The number of hydrogen-bond acceptors (Lipinski definition) is 4. The molecule has 9 heteroatoms. The molecule has 5 aromatic rings. The monoisotopic (exact) mass is 601 g/mol. The number of thioether (sulfide) groups is 1. The minimum Gasteiger partial charge on any atom is -0.481 e. The Hall–Kier alpha value is -4.11. The zero-order valence-electron chi connectivity index (χ0n) is 24.1. The summed E-state index contributed by atoms with van der Waals surface area (Å²) < 4.78 is 38.7. The molecule has 1 aliphatic heterocycles. The number of fused-ring (bicyclic) bond motifs is 8. The summed E-state index contributed by atoms with van der Waals surface area (Å²) >= 11 is 1.83. The quantitative estimate of drug-likeness (QED) is 0.217. The van der Waals surface area contributed by atoms with Crippen LogP contribution in [0.1, 0.15) is 49.4 Å². The van der Waals surface area contributed by atoms with Gasteiger partial charge in [-0.3, -0.25) is 9.48 Å². The molecule has 6 nitrogen and oxygen atoms in total. The smallest absolute Gasteiger partial charge is 0.307 e. The Morgan fingerprint density at radius 3 is 2.84 bits per heavy atom. The van der Waals surface area contributed by atoms with E-state index in [0.29, 0.717) is 23.4 Å². The number of hydrogen-bond donors (Lipinski definition) is 2. The van der Waals surface area contributed by atoms with Crippen molar-refractivity contribution in [2.24, 2.45) is 5.41 Å². The van der Waals surface area contributed by atoms with E-state index < -0.39 is 17.6 Å². The Morgan fingerprint density at radius 2 is 2.00 bits per heavy atom. The molecule has 0 amide bonds. The van der Waals surface area contributed by atoms with E-state index in [9.17, 15) is 9.90 Å². The number of rotatable bonds is 3. The van der Waals surface area contributed by atoms with E-state index in [-0.39, 0.29) is 29.2 Å². The van der Waals surface area contributed by atoms with E-state index >= 15 is 8.78 Å². The fraction of sp³-hybridized carbons (Fsp3) is 0.294. The predicted octanol–water partition coefficient (Wildman–Crippen LogP) is 8.41. The van der Waals surface area contributed by atoms with Crippen LogP contribution in [0.4, 0.5) is 8.78 Å². The summed E-state index contributed by atoms with van der Waals surface area (Å²) in [6, 6.07) is 16.9. The Balaban J connectivity index is 1.43. The molecule has 3 heterocycles. The number of benzene rings is 3. The predicted molar refractivity (Wildman–Crippen MR) is 166 cm³/mol. The number of carbonyl (C=O) groups is 1. The van der Waals surface area contributed by atoms with Gasteiger partial charge in [-0.05, 0) is 77.6 Å². The molecular weight excluding hydrogens is 568 g/mol. The summed E-state index contributed by atoms with van der Waals surface area (Å²) in [6.45, 7) is 4.48. The van der Waals surface area contributed by atoms with Crippen molar-refractivity contribution in [3.8, 4) is 22.8 Å². The number of aromatic amines is 1. The number of aromatic nitrogens is 3. The molecule has 222 valence electrons. The zero-order chi connectivity index (χ0) is 30.1. The van der Waals surface area contributed by atoms with E-state index in [2.05, 4.69) is 18.8 Å². The third-order valence-corrected chi connectivity index (χ3v) is 9.48. The molecule has 0 saturated heterocycles. The first-order chi connectivity index (χ1) is 20.7. The van der Waals surface area contributed by atoms with Gasteiger partial charge < -0.3 is 14.8 Å². The maximum atomic E-state index is 15.4. The highest BCUT2D eigenvalue weighted by Gasteiger charge is 2.25. The highest BCUT2D eigenvalue weighted by Crippen LogP contribution is 2.39. The highest BCUT2D eigenvalue weighted by molar-refractivity contribution is 7.99. The molecule has 6 rings (SSSR count). The van der Waals surface area contributed by atoms with E-state index in [1.807, 2.05) is 53.0 Å². The van der Waals surface area contributed by atoms with Gasteiger partial charge in [0.2, 0.25) is 0 Å². The number of nitrogens with zero attached hydrogens (tertiary/aromatic N) is 2. The van der Waals surface area contributed by atoms with E-state index in [0.717, 1.165) is 46.4 Å². The molecular formula is C34H33F2N3O3S. The van der Waals surface area contributed by atoms with Crippen molar-refractivity contribution in [3.63, 3.8) is 0 Å². The standard InChI is InChI=1S/C34H33F2N3O3S/c1-34(2)12-8-31(22-5-3-4-21(16-22)17-32(40)41)39-14-10-29(38-39)26-18-23(6-7-27(26)35)42-33-25(11-15-43-20-34)24-9-13-37-30(24)19-28(33)36/h3-7,9-10,13-14,16,18-19,31,37H,8,11-12,15,17,20H2,1-2H3,(H,40,41). The molecule has 0 saturated carbocycles. The van der Waals surface area contributed by atoms with E-state index in [1.165, 1.54) is 18.2 Å². The van der Waals surface area contributed by atoms with Crippen LogP contribution in [0.25, 0.3) is 22.2 Å². The number of aliphatic carboxylic acids is 1. The molecule has 0 radical (unpaired) electrons. The molecule has 0 fully saturated rings. The van der Waals surface area contributed by atoms with Gasteiger partial charge in [-0.2, -0.15) is 16.9 Å². The first-order valence-electron chi connectivity index (χ1n) is 14.4. The number of carboxylic acids is 1. The fourth-order valence-electron chi connectivity index (χ4n) is 5.78. The molecule has 1 aliphatic rings. The third-order valence-electron chi connectivity index (χ3n) is 8.00. The van der Waals surface area contributed by atoms with Crippen LogP contribution in [-0.4, -0.2) is 37.3 Å². The first-order valence-corrected chi connectivity index (χ1v) is 15.5. The Labute approximate surface area is 253 Å². The average molecular weight is 602 g/mol. The van der Waals surface area contributed by atoms with Crippen LogP contribution in [0.5, 0.6) is 11.5 Å². The SMILES string of the molecule is CC1(C)CCC(c2cccc(CC(=O)O)c2)n2ccc(n2)-c2cc(ccc2F)Oc2c(F)cc3[nH]ccc3c2CCSC1. The summed E-state index contributed by atoms with van der Waals surface area (Å²) in [6.07, 6.45) is 5.81. The number of halogens is 2. The normalized spacial score (nSPS) is 17.2. The van der Waals surface area contributed by atoms with E-state index in [4.69, 9.17) is 9.84 Å². The largest absolute Gasteiger partial charge is 0.481 e. The van der Waals surface area contributed by atoms with Gasteiger partial charge in [-0.25, -0.2) is 8.78 Å². The van der Waals surface area contributed by atoms with Crippen LogP contribution in [0.15, 0.2) is 73.1 Å². The average Bonchev–Trinajstić information content (AvgIpc) is 3.63. The van der Waals surface area contributed by atoms with Gasteiger partial charge in [0, 0.05) is 40.5 Å². The second kappa shape index (κ2) is 11.9. The van der Waals surface area contributed by atoms with Crippen molar-refractivity contribution >= 4 is 28.6 Å². The van der Waals surface area contributed by atoms with Crippen LogP contribution in [0.2, 0.25) is 0 Å². The summed E-state index contributed by atoms with van der Waals surface area (Å²) in [5.74, 6) is 0.323. The summed E-state index contributed by atoms with van der Waals surface area (Å²) in [7, 11) is 0. The van der Waals surface area contributed by atoms with Crippen molar-refractivity contribution in [3.05, 3.63) is 101 Å². The van der Waals surface area contributed by atoms with Crippen LogP contribution in [0.3, 0.4) is 0 Å². The molecule has 0 spiro atoms. The number of H-pyrrole nitrogens is 1. The second-order valence-corrected chi connectivity index (χ2v) is 13.0. The third kappa shape index (κ3) is 6.32. The van der Waals surface area contributed by atoms with Crippen molar-refractivity contribution in [1.29, 1.82) is 0 Å². The lowest BCUT2D eigenvalue weighted by Gasteiger charge is -2.28. The van der Waals surface area contributed by atoms with Gasteiger partial charge in [0.1, 0.15) is 11.6 Å². The van der Waals surface area contributed by atoms with Gasteiger partial charge in [0.25, 0.3) is 0 Å². The van der Waals surface area contributed by atoms with Gasteiger partial charge >= 0.3 is 5.97 Å². The second-order valence-electron chi connectivity index (χ2n) is 11.9. The lowest BCUT2D eigenvalue weighted by Crippen LogP contribution is -2.20. The van der Waals surface area contributed by atoms with Crippen LogP contribution < -0.4 is 4.74 Å². The van der Waals surface area contributed by atoms with Crippen molar-refractivity contribution in [2.45, 2.75) is 45.6 Å². The lowest BCUT2D eigenvalue weighted by molar-refractivity contribution is -0.136. The minimum absolute atomic E-state index is 0.0189. The van der Waals surface area contributed by atoms with Gasteiger partial charge in [-0.1, -0.05) is 38.1 Å². The van der Waals surface area contributed by atoms with E-state index in [1.54, 1.807) is 18.3 Å². The number of nitrogens with one attached hydrogen (secondary N) is 1. The molecule has 2 N–H and O–H groups in total. The number of carboxylic acid groups (broad SMARTS) is 1. The van der Waals surface area contributed by atoms with Crippen molar-refractivity contribution in [1.82, 2.24) is 14.8 Å². The van der Waals surface area contributed by atoms with Crippen LogP contribution in [0, 0.1) is 17.0 Å². The molecule has 43 heavy (non-hydrogen) atoms. The van der Waals surface area contributed by atoms with Gasteiger partial charge in [0.05, 0.1) is 18.2 Å². The van der Waals surface area contributed by atoms with Crippen molar-refractivity contribution < 1.29 is 23.4 Å². The Kier molecular flexibility index (Phi) is 8.01. The first kappa shape index (κ1) is 29.0.